The fraction of sp³-hybridized carbons (Fsp3) is 0.417. The smallest absolute Gasteiger partial charge is 0.270 e. The highest BCUT2D eigenvalue weighted by Crippen LogP contribution is 2.32. The van der Waals surface area contributed by atoms with Gasteiger partial charge >= 0.3 is 0 Å². The molecule has 3 heterocycles. The van der Waals surface area contributed by atoms with Crippen LogP contribution in [0, 0.1) is 0 Å². The highest BCUT2D eigenvalue weighted by Gasteiger charge is 2.23. The van der Waals surface area contributed by atoms with Crippen molar-refractivity contribution in [3.05, 3.63) is 42.2 Å². The monoisotopic (exact) mass is 466 g/mol. The Hall–Kier alpha value is -3.04. The van der Waals surface area contributed by atoms with Gasteiger partial charge in [0.15, 0.2) is 10.9 Å². The van der Waals surface area contributed by atoms with E-state index in [2.05, 4.69) is 20.6 Å². The molecule has 1 saturated heterocycles. The molecule has 1 saturated carbocycles. The van der Waals surface area contributed by atoms with Crippen LogP contribution in [0.25, 0.3) is 10.2 Å². The quantitative estimate of drug-likeness (QED) is 0.535. The zero-order valence-corrected chi connectivity index (χ0v) is 19.0. The van der Waals surface area contributed by atoms with Gasteiger partial charge in [-0.25, -0.2) is 4.98 Å². The first-order valence-electron chi connectivity index (χ1n) is 11.4. The number of aromatic nitrogens is 2. The van der Waals surface area contributed by atoms with Crippen molar-refractivity contribution in [1.82, 2.24) is 15.3 Å². The van der Waals surface area contributed by atoms with Gasteiger partial charge < -0.3 is 20.1 Å². The summed E-state index contributed by atoms with van der Waals surface area (Å²) in [5.74, 6) is 1.19. The number of benzene rings is 1. The number of anilines is 1. The van der Waals surface area contributed by atoms with Crippen LogP contribution in [0.4, 0.5) is 5.13 Å². The number of hydrogen-bond donors (Lipinski definition) is 2. The standard InChI is InChI=1S/C24H26N4O4S/c29-21-6-2-1-5-18(21)27-24-28-19-8-7-15(13-22(19)33-24)32-16-9-10-25-20(12-16)23(30)26-14-17-4-3-11-31-17/h7-10,12-13,17-18H,1-6,11,14H2,(H,26,30)(H,27,28)/t17?,18-/m1/s1. The molecular formula is C24H26N4O4S. The van der Waals surface area contributed by atoms with Crippen LogP contribution in [0.15, 0.2) is 36.5 Å². The molecule has 5 rings (SSSR count). The summed E-state index contributed by atoms with van der Waals surface area (Å²) in [4.78, 5) is 33.3. The van der Waals surface area contributed by atoms with E-state index in [4.69, 9.17) is 9.47 Å². The summed E-state index contributed by atoms with van der Waals surface area (Å²) in [6.45, 7) is 1.24. The maximum Gasteiger partial charge on any atom is 0.270 e. The second-order valence-corrected chi connectivity index (χ2v) is 9.41. The van der Waals surface area contributed by atoms with E-state index in [1.165, 1.54) is 11.3 Å². The Labute approximate surface area is 195 Å². The molecule has 2 N–H and O–H groups in total. The zero-order chi connectivity index (χ0) is 22.6. The van der Waals surface area contributed by atoms with E-state index in [-0.39, 0.29) is 23.8 Å². The first-order chi connectivity index (χ1) is 16.1. The number of fused-ring (bicyclic) bond motifs is 1. The minimum absolute atomic E-state index is 0.0788. The van der Waals surface area contributed by atoms with Crippen LogP contribution in [0.3, 0.4) is 0 Å². The molecule has 1 aliphatic carbocycles. The average molecular weight is 467 g/mol. The SMILES string of the molecule is O=C(NCC1CCCO1)c1cc(Oc2ccc3nc(N[C@@H]4CCCCC4=O)sc3c2)ccn1. The molecule has 8 nitrogen and oxygen atoms in total. The van der Waals surface area contributed by atoms with Crippen LogP contribution >= 0.6 is 11.3 Å². The van der Waals surface area contributed by atoms with Crippen LogP contribution in [-0.2, 0) is 9.53 Å². The van der Waals surface area contributed by atoms with E-state index in [0.717, 1.165) is 54.1 Å². The number of ketones is 1. The maximum atomic E-state index is 12.4. The van der Waals surface area contributed by atoms with Gasteiger partial charge in [-0.3, -0.25) is 14.6 Å². The molecule has 2 atom stereocenters. The summed E-state index contributed by atoms with van der Waals surface area (Å²) in [5.41, 5.74) is 1.15. The molecule has 1 amide bonds. The summed E-state index contributed by atoms with van der Waals surface area (Å²) in [7, 11) is 0. The Balaban J connectivity index is 1.24. The lowest BCUT2D eigenvalue weighted by Gasteiger charge is -2.20. The normalized spacial score (nSPS) is 20.7. The van der Waals surface area contributed by atoms with Crippen LogP contribution in [0.2, 0.25) is 0 Å². The predicted octanol–water partition coefficient (Wildman–Crippen LogP) is 4.32. The van der Waals surface area contributed by atoms with Gasteiger partial charge in [0.25, 0.3) is 5.91 Å². The number of nitrogens with zero attached hydrogens (tertiary/aromatic N) is 2. The molecule has 172 valence electrons. The molecule has 2 aliphatic rings. The Kier molecular flexibility index (Phi) is 6.50. The van der Waals surface area contributed by atoms with Crippen LogP contribution < -0.4 is 15.4 Å². The number of Topliss-reactive ketones (excluding diaryl/α,β-unsaturated/α-hetero) is 1. The summed E-state index contributed by atoms with van der Waals surface area (Å²) in [6.07, 6.45) is 7.17. The van der Waals surface area contributed by atoms with Crippen molar-refractivity contribution in [1.29, 1.82) is 0 Å². The average Bonchev–Trinajstić information content (AvgIpc) is 3.48. The number of hydrogen-bond acceptors (Lipinski definition) is 8. The third-order valence-corrected chi connectivity index (χ3v) is 6.88. The molecule has 0 radical (unpaired) electrons. The Morgan fingerprint density at radius 2 is 2.06 bits per heavy atom. The largest absolute Gasteiger partial charge is 0.457 e. The zero-order valence-electron chi connectivity index (χ0n) is 18.2. The maximum absolute atomic E-state index is 12.4. The van der Waals surface area contributed by atoms with E-state index in [0.29, 0.717) is 30.2 Å². The Morgan fingerprint density at radius 3 is 2.91 bits per heavy atom. The van der Waals surface area contributed by atoms with Crippen molar-refractivity contribution in [2.45, 2.75) is 50.7 Å². The lowest BCUT2D eigenvalue weighted by atomic mass is 9.94. The third kappa shape index (κ3) is 5.31. The van der Waals surface area contributed by atoms with E-state index in [9.17, 15) is 9.59 Å². The third-order valence-electron chi connectivity index (χ3n) is 5.93. The van der Waals surface area contributed by atoms with Crippen LogP contribution in [0.5, 0.6) is 11.5 Å². The molecule has 2 aromatic heterocycles. The second kappa shape index (κ2) is 9.84. The van der Waals surface area contributed by atoms with E-state index in [1.54, 1.807) is 18.3 Å². The molecule has 33 heavy (non-hydrogen) atoms. The van der Waals surface area contributed by atoms with Crippen LogP contribution in [-0.4, -0.2) is 47.0 Å². The molecule has 3 aromatic rings. The summed E-state index contributed by atoms with van der Waals surface area (Å²) >= 11 is 1.50. The van der Waals surface area contributed by atoms with E-state index < -0.39 is 0 Å². The summed E-state index contributed by atoms with van der Waals surface area (Å²) in [5, 5.41) is 6.92. The first kappa shape index (κ1) is 21.8. The van der Waals surface area contributed by atoms with Crippen LogP contribution in [0.1, 0.15) is 49.0 Å². The molecule has 0 bridgehead atoms. The number of pyridine rings is 1. The highest BCUT2D eigenvalue weighted by molar-refractivity contribution is 7.22. The van der Waals surface area contributed by atoms with Gasteiger partial charge in [0.05, 0.1) is 22.4 Å². The molecule has 1 aromatic carbocycles. The second-order valence-electron chi connectivity index (χ2n) is 8.38. The Bertz CT molecular complexity index is 1160. The predicted molar refractivity (Wildman–Crippen MR) is 126 cm³/mol. The number of thiazole rings is 1. The van der Waals surface area contributed by atoms with Crippen molar-refractivity contribution in [2.24, 2.45) is 0 Å². The van der Waals surface area contributed by atoms with Crippen molar-refractivity contribution >= 4 is 38.4 Å². The molecular weight excluding hydrogens is 440 g/mol. The molecule has 1 aliphatic heterocycles. The summed E-state index contributed by atoms with van der Waals surface area (Å²) < 4.78 is 12.5. The van der Waals surface area contributed by atoms with Gasteiger partial charge in [-0.15, -0.1) is 0 Å². The van der Waals surface area contributed by atoms with E-state index >= 15 is 0 Å². The number of amides is 1. The van der Waals surface area contributed by atoms with Gasteiger partial charge in [-0.2, -0.15) is 0 Å². The lowest BCUT2D eigenvalue weighted by molar-refractivity contribution is -0.121. The molecule has 0 spiro atoms. The minimum atomic E-state index is -0.248. The topological polar surface area (TPSA) is 102 Å². The van der Waals surface area contributed by atoms with Gasteiger partial charge in [0.2, 0.25) is 0 Å². The summed E-state index contributed by atoms with van der Waals surface area (Å²) in [6, 6.07) is 8.86. The van der Waals surface area contributed by atoms with Crippen molar-refractivity contribution < 1.29 is 19.1 Å². The van der Waals surface area contributed by atoms with Gasteiger partial charge in [-0.1, -0.05) is 17.8 Å². The number of carbonyl (C=O) groups is 2. The minimum Gasteiger partial charge on any atom is -0.457 e. The fourth-order valence-corrected chi connectivity index (χ4v) is 5.10. The lowest BCUT2D eigenvalue weighted by Crippen LogP contribution is -2.32. The fourth-order valence-electron chi connectivity index (χ4n) is 4.15. The van der Waals surface area contributed by atoms with Gasteiger partial charge in [0, 0.05) is 37.9 Å². The number of nitrogens with one attached hydrogen (secondary N) is 2. The Morgan fingerprint density at radius 1 is 1.15 bits per heavy atom. The number of ether oxygens (including phenoxy) is 2. The van der Waals surface area contributed by atoms with Crippen molar-refractivity contribution in [2.75, 3.05) is 18.5 Å². The van der Waals surface area contributed by atoms with Gasteiger partial charge in [-0.05, 0) is 43.9 Å². The van der Waals surface area contributed by atoms with Crippen molar-refractivity contribution in [3.63, 3.8) is 0 Å². The van der Waals surface area contributed by atoms with Gasteiger partial charge in [0.1, 0.15) is 17.2 Å². The van der Waals surface area contributed by atoms with E-state index in [1.807, 2.05) is 18.2 Å². The number of rotatable bonds is 7. The highest BCUT2D eigenvalue weighted by atomic mass is 32.1. The molecule has 2 fully saturated rings. The van der Waals surface area contributed by atoms with Crippen molar-refractivity contribution in [3.8, 4) is 11.5 Å². The number of carbonyl (C=O) groups excluding carboxylic acids is 2. The molecule has 9 heteroatoms. The molecule has 1 unspecified atom stereocenters. The first-order valence-corrected chi connectivity index (χ1v) is 12.2.